The third kappa shape index (κ3) is 6430. The average Bonchev–Trinajstić information content (AvgIpc) is 1.41. The third-order valence-electron chi connectivity index (χ3n) is 0. The van der Waals surface area contributed by atoms with Crippen molar-refractivity contribution in [1.82, 2.24) is 6.15 Å². The van der Waals surface area contributed by atoms with Gasteiger partial charge in [0.25, 0.3) is 5.09 Å². The molecule has 4 N–H and O–H groups in total. The van der Waals surface area contributed by atoms with Crippen LogP contribution in [0.15, 0.2) is 13.2 Å². The zero-order valence-electron chi connectivity index (χ0n) is 3.83. The second-order valence-corrected chi connectivity index (χ2v) is 0.238. The van der Waals surface area contributed by atoms with Gasteiger partial charge in [0, 0.05) is 0 Å². The van der Waals surface area contributed by atoms with E-state index in [1.165, 1.54) is 0 Å². The van der Waals surface area contributed by atoms with Crippen molar-refractivity contribution in [1.29, 1.82) is 0 Å². The van der Waals surface area contributed by atoms with Crippen molar-refractivity contribution in [3.63, 3.8) is 0 Å². The summed E-state index contributed by atoms with van der Waals surface area (Å²) in [6, 6.07) is 0. The Morgan fingerprint density at radius 2 is 1.50 bits per heavy atom. The van der Waals surface area contributed by atoms with Gasteiger partial charge in [-0.1, -0.05) is 0 Å². The van der Waals surface area contributed by atoms with E-state index in [-0.39, 0.29) is 43.9 Å². The van der Waals surface area contributed by atoms with Crippen LogP contribution in [0.3, 0.4) is 0 Å². The molecule has 0 saturated carbocycles. The first-order valence-electron chi connectivity index (χ1n) is 1.07. The first-order valence-corrected chi connectivity index (χ1v) is 1.07. The van der Waals surface area contributed by atoms with Gasteiger partial charge in [0.15, 0.2) is 0 Å². The van der Waals surface area contributed by atoms with Crippen molar-refractivity contribution in [2.45, 2.75) is 0 Å². The van der Waals surface area contributed by atoms with Crippen LogP contribution in [-0.4, -0.2) is 48.0 Å². The SMILES string of the molecule is C=C.N.O=[N+]([O-])O.[CaH2]. The Morgan fingerprint density at radius 3 is 1.50 bits per heavy atom. The van der Waals surface area contributed by atoms with Crippen molar-refractivity contribution < 1.29 is 10.3 Å². The minimum atomic E-state index is -1.50. The summed E-state index contributed by atoms with van der Waals surface area (Å²) in [6.45, 7) is 6.00. The molecule has 0 aliphatic heterocycles. The Bertz CT molecular complexity index is 46.5. The molecule has 0 aliphatic rings. The Labute approximate surface area is 77.1 Å². The Kier molecular flexibility index (Phi) is 82.2. The summed E-state index contributed by atoms with van der Waals surface area (Å²) in [7, 11) is 0. The van der Waals surface area contributed by atoms with E-state index in [4.69, 9.17) is 15.3 Å². The fourth-order valence-corrected chi connectivity index (χ4v) is 0. The molecule has 0 radical (unpaired) electrons. The molecule has 48 valence electrons. The Hall–Kier alpha value is 0.160. The Balaban J connectivity index is -0.0000000183. The molecule has 0 heterocycles. The summed E-state index contributed by atoms with van der Waals surface area (Å²) in [6.07, 6.45) is 0. The summed E-state index contributed by atoms with van der Waals surface area (Å²) in [5, 5.41) is 13.6. The predicted octanol–water partition coefficient (Wildman–Crippen LogP) is -0.300. The van der Waals surface area contributed by atoms with E-state index in [9.17, 15) is 0 Å². The van der Waals surface area contributed by atoms with Crippen molar-refractivity contribution in [3.05, 3.63) is 23.3 Å². The van der Waals surface area contributed by atoms with Crippen molar-refractivity contribution in [3.8, 4) is 0 Å². The van der Waals surface area contributed by atoms with Gasteiger partial charge in [-0.25, -0.2) is 0 Å². The first-order chi connectivity index (χ1) is 2.73. The normalized spacial score (nSPS) is 3.50. The van der Waals surface area contributed by atoms with Crippen molar-refractivity contribution in [2.75, 3.05) is 0 Å². The van der Waals surface area contributed by atoms with E-state index in [1.54, 1.807) is 0 Å². The molecule has 0 bridgehead atoms. The van der Waals surface area contributed by atoms with Gasteiger partial charge in [-0.3, -0.25) is 0 Å². The zero-order chi connectivity index (χ0) is 5.58. The quantitative estimate of drug-likeness (QED) is 0.214. The van der Waals surface area contributed by atoms with Gasteiger partial charge < -0.3 is 11.4 Å². The molecule has 6 heteroatoms. The molecule has 0 fully saturated rings. The fraction of sp³-hybridized carbons (Fsp3) is 0. The van der Waals surface area contributed by atoms with Gasteiger partial charge in [0.1, 0.15) is 0 Å². The molecule has 0 aromatic carbocycles. The van der Waals surface area contributed by atoms with Gasteiger partial charge in [0.05, 0.1) is 0 Å². The molecule has 0 spiro atoms. The van der Waals surface area contributed by atoms with E-state index >= 15 is 0 Å². The molecule has 0 aliphatic carbocycles. The van der Waals surface area contributed by atoms with Crippen LogP contribution in [0.1, 0.15) is 0 Å². The molecule has 0 unspecified atom stereocenters. The van der Waals surface area contributed by atoms with Crippen LogP contribution in [0.4, 0.5) is 0 Å². The molecule has 0 aromatic heterocycles. The van der Waals surface area contributed by atoms with Crippen LogP contribution in [0.2, 0.25) is 0 Å². The molecule has 0 amide bonds. The number of hydrogen-bond acceptors (Lipinski definition) is 3. The number of hydrogen-bond donors (Lipinski definition) is 2. The van der Waals surface area contributed by atoms with Crippen molar-refractivity contribution in [2.24, 2.45) is 0 Å². The van der Waals surface area contributed by atoms with Crippen LogP contribution in [0.5, 0.6) is 0 Å². The van der Waals surface area contributed by atoms with Gasteiger partial charge in [-0.05, 0) is 0 Å². The fourth-order valence-electron chi connectivity index (χ4n) is 0. The van der Waals surface area contributed by atoms with E-state index in [2.05, 4.69) is 13.2 Å². The van der Waals surface area contributed by atoms with E-state index < -0.39 is 5.09 Å². The van der Waals surface area contributed by atoms with Crippen LogP contribution >= 0.6 is 0 Å². The summed E-state index contributed by atoms with van der Waals surface area (Å²) < 4.78 is 0. The molecule has 0 aromatic rings. The molecule has 5 nitrogen and oxygen atoms in total. The monoisotopic (exact) mass is 150 g/mol. The maximum atomic E-state index is 8.36. The maximum absolute atomic E-state index is 8.36. The van der Waals surface area contributed by atoms with Crippen LogP contribution < -0.4 is 6.15 Å². The summed E-state index contributed by atoms with van der Waals surface area (Å²) in [5.41, 5.74) is 0. The van der Waals surface area contributed by atoms with Crippen LogP contribution in [-0.2, 0) is 0 Å². The molecule has 0 saturated heterocycles. The van der Waals surface area contributed by atoms with Gasteiger partial charge in [-0.15, -0.1) is 23.3 Å². The average molecular weight is 150 g/mol. The van der Waals surface area contributed by atoms with Crippen LogP contribution in [0, 0.1) is 10.1 Å². The summed E-state index contributed by atoms with van der Waals surface area (Å²) >= 11 is 0. The second-order valence-electron chi connectivity index (χ2n) is 0.238. The first kappa shape index (κ1) is 24.2. The summed E-state index contributed by atoms with van der Waals surface area (Å²) in [4.78, 5) is 8.36. The number of nitrogens with zero attached hydrogens (tertiary/aromatic N) is 1. The van der Waals surface area contributed by atoms with E-state index in [0.29, 0.717) is 0 Å². The minimum absolute atomic E-state index is 0. The van der Waals surface area contributed by atoms with Gasteiger partial charge in [0.2, 0.25) is 0 Å². The molecule has 0 rings (SSSR count). The summed E-state index contributed by atoms with van der Waals surface area (Å²) in [5.74, 6) is 0. The molecule has 8 heavy (non-hydrogen) atoms. The molecular weight excluding hydrogens is 140 g/mol. The van der Waals surface area contributed by atoms with Crippen LogP contribution in [0.25, 0.3) is 0 Å². The van der Waals surface area contributed by atoms with Gasteiger partial charge >= 0.3 is 37.7 Å². The zero-order valence-corrected chi connectivity index (χ0v) is 3.83. The topological polar surface area (TPSA) is 98.4 Å². The molecular formula is C2H10CaN2O3. The van der Waals surface area contributed by atoms with Gasteiger partial charge in [-0.2, -0.15) is 0 Å². The predicted molar refractivity (Wildman–Crippen MR) is 33.6 cm³/mol. The second kappa shape index (κ2) is 27.2. The Morgan fingerprint density at radius 1 is 1.50 bits per heavy atom. The molecule has 0 atom stereocenters. The van der Waals surface area contributed by atoms with E-state index in [1.807, 2.05) is 0 Å². The van der Waals surface area contributed by atoms with Crippen molar-refractivity contribution >= 4 is 37.7 Å². The van der Waals surface area contributed by atoms with E-state index in [0.717, 1.165) is 0 Å². The standard InChI is InChI=1S/C2H4.Ca.HNO3.H3N.2H/c1-2;;2-1(3)4;;;/h1-2H2;;(H,2,3,4);1H3;;. The third-order valence-corrected chi connectivity index (χ3v) is 0. The number of rotatable bonds is 0.